The van der Waals surface area contributed by atoms with Crippen molar-refractivity contribution in [2.45, 2.75) is 31.3 Å². The molecule has 0 saturated carbocycles. The first-order valence-corrected chi connectivity index (χ1v) is 5.52. The molecule has 5 heteroatoms. The molecular weight excluding hydrogens is 228 g/mol. The Balaban J connectivity index is 2.25. The first-order valence-electron chi connectivity index (χ1n) is 5.52. The maximum Gasteiger partial charge on any atom is 0.320 e. The SMILES string of the molecule is O=C(O)C1CCCC(c2c(F)cccc2F)N1. The van der Waals surface area contributed by atoms with Crippen LogP contribution in [0.2, 0.25) is 0 Å². The highest BCUT2D eigenvalue weighted by Crippen LogP contribution is 2.29. The molecule has 2 atom stereocenters. The lowest BCUT2D eigenvalue weighted by Gasteiger charge is -2.29. The molecule has 1 aliphatic heterocycles. The van der Waals surface area contributed by atoms with E-state index in [4.69, 9.17) is 5.11 Å². The third-order valence-electron chi connectivity index (χ3n) is 3.03. The van der Waals surface area contributed by atoms with Gasteiger partial charge in [0.15, 0.2) is 0 Å². The van der Waals surface area contributed by atoms with Gasteiger partial charge in [0, 0.05) is 11.6 Å². The van der Waals surface area contributed by atoms with E-state index in [0.29, 0.717) is 19.3 Å². The molecule has 1 aromatic rings. The highest BCUT2D eigenvalue weighted by atomic mass is 19.1. The largest absolute Gasteiger partial charge is 0.480 e. The minimum atomic E-state index is -0.980. The van der Waals surface area contributed by atoms with Gasteiger partial charge in [-0.05, 0) is 31.4 Å². The van der Waals surface area contributed by atoms with E-state index < -0.39 is 29.7 Å². The number of aliphatic carboxylic acids is 1. The third-order valence-corrected chi connectivity index (χ3v) is 3.03. The second kappa shape index (κ2) is 4.79. The molecule has 0 bridgehead atoms. The molecule has 1 fully saturated rings. The number of hydrogen-bond donors (Lipinski definition) is 2. The van der Waals surface area contributed by atoms with Crippen molar-refractivity contribution in [1.82, 2.24) is 5.32 Å². The summed E-state index contributed by atoms with van der Waals surface area (Å²) in [5.74, 6) is -2.24. The van der Waals surface area contributed by atoms with Gasteiger partial charge in [-0.1, -0.05) is 6.07 Å². The average Bonchev–Trinajstić information content (AvgIpc) is 2.29. The lowest BCUT2D eigenvalue weighted by molar-refractivity contribution is -0.140. The van der Waals surface area contributed by atoms with Gasteiger partial charge in [-0.2, -0.15) is 0 Å². The summed E-state index contributed by atoms with van der Waals surface area (Å²) in [7, 11) is 0. The van der Waals surface area contributed by atoms with Gasteiger partial charge < -0.3 is 5.11 Å². The molecule has 1 saturated heterocycles. The van der Waals surface area contributed by atoms with Gasteiger partial charge in [0.1, 0.15) is 17.7 Å². The lowest BCUT2D eigenvalue weighted by Crippen LogP contribution is -2.42. The quantitative estimate of drug-likeness (QED) is 0.834. The molecule has 2 rings (SSSR count). The van der Waals surface area contributed by atoms with E-state index in [1.165, 1.54) is 18.2 Å². The maximum atomic E-state index is 13.5. The van der Waals surface area contributed by atoms with Crippen molar-refractivity contribution in [3.63, 3.8) is 0 Å². The fourth-order valence-corrected chi connectivity index (χ4v) is 2.20. The highest BCUT2D eigenvalue weighted by molar-refractivity contribution is 5.73. The van der Waals surface area contributed by atoms with Crippen LogP contribution in [0.1, 0.15) is 30.9 Å². The Morgan fingerprint density at radius 2 is 1.94 bits per heavy atom. The van der Waals surface area contributed by atoms with Gasteiger partial charge in [0.05, 0.1) is 0 Å². The Morgan fingerprint density at radius 3 is 2.53 bits per heavy atom. The number of hydrogen-bond acceptors (Lipinski definition) is 2. The van der Waals surface area contributed by atoms with E-state index in [9.17, 15) is 13.6 Å². The summed E-state index contributed by atoms with van der Waals surface area (Å²) in [5.41, 5.74) is -0.0570. The van der Waals surface area contributed by atoms with Crippen molar-refractivity contribution in [1.29, 1.82) is 0 Å². The summed E-state index contributed by atoms with van der Waals surface area (Å²) in [6, 6.07) is 2.37. The third kappa shape index (κ3) is 2.44. The fraction of sp³-hybridized carbons (Fsp3) is 0.417. The van der Waals surface area contributed by atoms with E-state index in [-0.39, 0.29) is 5.56 Å². The minimum absolute atomic E-state index is 0.0570. The fourth-order valence-electron chi connectivity index (χ4n) is 2.20. The molecule has 0 spiro atoms. The Kier molecular flexibility index (Phi) is 3.38. The molecule has 0 amide bonds. The van der Waals surface area contributed by atoms with Gasteiger partial charge >= 0.3 is 5.97 Å². The van der Waals surface area contributed by atoms with Gasteiger partial charge in [0.2, 0.25) is 0 Å². The number of carboxylic acids is 1. The van der Waals surface area contributed by atoms with Crippen LogP contribution in [0.5, 0.6) is 0 Å². The lowest BCUT2D eigenvalue weighted by atomic mass is 9.93. The van der Waals surface area contributed by atoms with Crippen molar-refractivity contribution in [3.05, 3.63) is 35.4 Å². The van der Waals surface area contributed by atoms with Crippen LogP contribution in [0, 0.1) is 11.6 Å². The zero-order valence-corrected chi connectivity index (χ0v) is 9.12. The summed E-state index contributed by atoms with van der Waals surface area (Å²) in [6.07, 6.45) is 1.67. The molecule has 17 heavy (non-hydrogen) atoms. The van der Waals surface area contributed by atoms with E-state index in [1.807, 2.05) is 0 Å². The Labute approximate surface area is 97.5 Å². The molecule has 3 nitrogen and oxygen atoms in total. The molecule has 92 valence electrons. The van der Waals surface area contributed by atoms with E-state index in [0.717, 1.165) is 0 Å². The van der Waals surface area contributed by atoms with E-state index in [2.05, 4.69) is 5.32 Å². The summed E-state index contributed by atoms with van der Waals surface area (Å²) in [6.45, 7) is 0. The number of carboxylic acid groups (broad SMARTS) is 1. The minimum Gasteiger partial charge on any atom is -0.480 e. The molecule has 2 N–H and O–H groups in total. The molecular formula is C12H13F2NO2. The Bertz CT molecular complexity index is 416. The van der Waals surface area contributed by atoms with Crippen LogP contribution < -0.4 is 5.32 Å². The number of nitrogens with one attached hydrogen (secondary N) is 1. The summed E-state index contributed by atoms with van der Waals surface area (Å²) >= 11 is 0. The zero-order chi connectivity index (χ0) is 12.4. The van der Waals surface area contributed by atoms with Gasteiger partial charge in [-0.15, -0.1) is 0 Å². The molecule has 2 unspecified atom stereocenters. The predicted molar refractivity (Wildman–Crippen MR) is 57.5 cm³/mol. The van der Waals surface area contributed by atoms with Crippen molar-refractivity contribution < 1.29 is 18.7 Å². The predicted octanol–water partition coefficient (Wildman–Crippen LogP) is 2.23. The van der Waals surface area contributed by atoms with Crippen LogP contribution in [0.3, 0.4) is 0 Å². The van der Waals surface area contributed by atoms with Crippen LogP contribution in [-0.4, -0.2) is 17.1 Å². The number of piperidine rings is 1. The monoisotopic (exact) mass is 241 g/mol. The molecule has 1 aliphatic rings. The Hall–Kier alpha value is -1.49. The highest BCUT2D eigenvalue weighted by Gasteiger charge is 2.29. The second-order valence-corrected chi connectivity index (χ2v) is 4.18. The van der Waals surface area contributed by atoms with Crippen LogP contribution in [-0.2, 0) is 4.79 Å². The summed E-state index contributed by atoms with van der Waals surface area (Å²) in [4.78, 5) is 10.9. The van der Waals surface area contributed by atoms with Crippen LogP contribution in [0.25, 0.3) is 0 Å². The Morgan fingerprint density at radius 1 is 1.29 bits per heavy atom. The molecule has 0 aliphatic carbocycles. The zero-order valence-electron chi connectivity index (χ0n) is 9.12. The molecule has 0 aromatic heterocycles. The van der Waals surface area contributed by atoms with Crippen molar-refractivity contribution in [2.24, 2.45) is 0 Å². The van der Waals surface area contributed by atoms with Crippen LogP contribution in [0.15, 0.2) is 18.2 Å². The number of benzene rings is 1. The summed E-state index contributed by atoms with van der Waals surface area (Å²) in [5, 5.41) is 11.7. The van der Waals surface area contributed by atoms with Gasteiger partial charge in [0.25, 0.3) is 0 Å². The topological polar surface area (TPSA) is 49.3 Å². The van der Waals surface area contributed by atoms with Crippen LogP contribution in [0.4, 0.5) is 8.78 Å². The van der Waals surface area contributed by atoms with Crippen molar-refractivity contribution in [3.8, 4) is 0 Å². The smallest absolute Gasteiger partial charge is 0.320 e. The van der Waals surface area contributed by atoms with Crippen molar-refractivity contribution >= 4 is 5.97 Å². The molecule has 1 aromatic carbocycles. The number of rotatable bonds is 2. The maximum absolute atomic E-state index is 13.5. The number of carbonyl (C=O) groups is 1. The first-order chi connectivity index (χ1) is 8.09. The van der Waals surface area contributed by atoms with Gasteiger partial charge in [-0.25, -0.2) is 8.78 Å². The molecule has 0 radical (unpaired) electrons. The van der Waals surface area contributed by atoms with Crippen LogP contribution >= 0.6 is 0 Å². The van der Waals surface area contributed by atoms with Gasteiger partial charge in [-0.3, -0.25) is 10.1 Å². The first kappa shape index (κ1) is 12.0. The van der Waals surface area contributed by atoms with E-state index >= 15 is 0 Å². The average molecular weight is 241 g/mol. The van der Waals surface area contributed by atoms with Crippen molar-refractivity contribution in [2.75, 3.05) is 0 Å². The second-order valence-electron chi connectivity index (χ2n) is 4.18. The standard InChI is InChI=1S/C12H13F2NO2/c13-7-3-1-4-8(14)11(7)9-5-2-6-10(15-9)12(16)17/h1,3-4,9-10,15H,2,5-6H2,(H,16,17). The number of halogens is 2. The summed E-state index contributed by atoms with van der Waals surface area (Å²) < 4.78 is 27.1. The normalized spacial score (nSPS) is 24.6. The molecule has 1 heterocycles. The van der Waals surface area contributed by atoms with E-state index in [1.54, 1.807) is 0 Å².